The zero-order valence-electron chi connectivity index (χ0n) is 13.8. The topological polar surface area (TPSA) is 71.3 Å². The number of benzene rings is 1. The van der Waals surface area contributed by atoms with E-state index in [1.165, 1.54) is 23.5 Å². The molecule has 3 aromatic rings. The monoisotopic (exact) mass is 360 g/mol. The molecule has 1 atom stereocenters. The third-order valence-electron chi connectivity index (χ3n) is 3.69. The molecule has 8 heteroatoms. The van der Waals surface area contributed by atoms with Gasteiger partial charge in [-0.1, -0.05) is 12.1 Å². The van der Waals surface area contributed by atoms with E-state index in [2.05, 4.69) is 15.5 Å². The summed E-state index contributed by atoms with van der Waals surface area (Å²) in [5, 5.41) is 12.7. The van der Waals surface area contributed by atoms with Crippen molar-refractivity contribution in [1.29, 1.82) is 0 Å². The minimum atomic E-state index is -0.397. The molecule has 3 rings (SSSR count). The number of hydrogen-bond donors (Lipinski definition) is 1. The summed E-state index contributed by atoms with van der Waals surface area (Å²) in [5.41, 5.74) is 0.420. The van der Waals surface area contributed by atoms with Gasteiger partial charge in [-0.3, -0.25) is 9.69 Å². The number of hydrogen-bond acceptors (Lipinski definition) is 6. The van der Waals surface area contributed by atoms with Gasteiger partial charge in [-0.15, -0.1) is 21.5 Å². The predicted octanol–water partition coefficient (Wildman–Crippen LogP) is 3.57. The number of aromatic nitrogens is 2. The molecule has 2 aromatic heterocycles. The molecule has 6 nitrogen and oxygen atoms in total. The normalized spacial score (nSPS) is 12.3. The Labute approximate surface area is 148 Å². The van der Waals surface area contributed by atoms with Crippen LogP contribution in [0.15, 0.2) is 46.2 Å². The molecule has 25 heavy (non-hydrogen) atoms. The lowest BCUT2D eigenvalue weighted by molar-refractivity contribution is -0.117. The van der Waals surface area contributed by atoms with Crippen molar-refractivity contribution in [2.75, 3.05) is 18.9 Å². The van der Waals surface area contributed by atoms with E-state index in [4.69, 9.17) is 4.42 Å². The Balaban J connectivity index is 1.60. The molecule has 0 unspecified atom stereocenters. The van der Waals surface area contributed by atoms with Crippen molar-refractivity contribution in [3.8, 4) is 10.8 Å². The first kappa shape index (κ1) is 17.2. The molecule has 1 aromatic carbocycles. The number of rotatable bonds is 6. The fourth-order valence-electron chi connectivity index (χ4n) is 2.22. The molecular weight excluding hydrogens is 343 g/mol. The second kappa shape index (κ2) is 7.54. The van der Waals surface area contributed by atoms with Crippen LogP contribution in [0.25, 0.3) is 10.8 Å². The minimum Gasteiger partial charge on any atom is -0.418 e. The van der Waals surface area contributed by atoms with Crippen LogP contribution < -0.4 is 5.32 Å². The number of amides is 1. The second-order valence-electron chi connectivity index (χ2n) is 5.57. The maximum absolute atomic E-state index is 13.2. The van der Waals surface area contributed by atoms with Gasteiger partial charge >= 0.3 is 0 Å². The van der Waals surface area contributed by atoms with E-state index in [1.54, 1.807) is 24.1 Å². The van der Waals surface area contributed by atoms with Crippen molar-refractivity contribution in [3.05, 3.63) is 53.5 Å². The molecule has 0 saturated carbocycles. The molecule has 1 amide bonds. The lowest BCUT2D eigenvalue weighted by atomic mass is 10.3. The number of nitrogens with zero attached hydrogens (tertiary/aromatic N) is 3. The van der Waals surface area contributed by atoms with E-state index in [0.717, 1.165) is 4.88 Å². The molecule has 2 heterocycles. The quantitative estimate of drug-likeness (QED) is 0.728. The van der Waals surface area contributed by atoms with Crippen molar-refractivity contribution in [2.45, 2.75) is 13.0 Å². The highest BCUT2D eigenvalue weighted by atomic mass is 32.1. The van der Waals surface area contributed by atoms with Gasteiger partial charge in [0.05, 0.1) is 17.5 Å². The van der Waals surface area contributed by atoms with Gasteiger partial charge < -0.3 is 9.73 Å². The van der Waals surface area contributed by atoms with E-state index in [9.17, 15) is 9.18 Å². The smallest absolute Gasteiger partial charge is 0.257 e. The number of carbonyl (C=O) groups excluding carboxylic acids is 1. The lowest BCUT2D eigenvalue weighted by Gasteiger charge is -2.21. The summed E-state index contributed by atoms with van der Waals surface area (Å²) in [4.78, 5) is 14.8. The molecule has 1 N–H and O–H groups in total. The van der Waals surface area contributed by atoms with Gasteiger partial charge in [0.2, 0.25) is 11.8 Å². The van der Waals surface area contributed by atoms with Crippen LogP contribution in [0.2, 0.25) is 0 Å². The first-order chi connectivity index (χ1) is 12.0. The Hall–Kier alpha value is -2.58. The maximum atomic E-state index is 13.2. The standard InChI is InChI=1S/C17H17FN4O2S/c1-11(16-20-21-17(24-16)14-7-4-8-25-14)22(2)10-15(23)19-13-6-3-5-12(18)9-13/h3-9,11H,10H2,1-2H3,(H,19,23)/t11-/m1/s1. The molecule has 0 aliphatic rings. The van der Waals surface area contributed by atoms with Crippen molar-refractivity contribution in [1.82, 2.24) is 15.1 Å². The Morgan fingerprint density at radius 2 is 2.20 bits per heavy atom. The van der Waals surface area contributed by atoms with Crippen LogP contribution in [0.5, 0.6) is 0 Å². The van der Waals surface area contributed by atoms with Gasteiger partial charge in [0.1, 0.15) is 5.82 Å². The minimum absolute atomic E-state index is 0.106. The third-order valence-corrected chi connectivity index (χ3v) is 4.55. The molecule has 0 bridgehead atoms. The number of likely N-dealkylation sites (N-methyl/N-ethyl adjacent to an activating group) is 1. The molecular formula is C17H17FN4O2S. The number of anilines is 1. The Kier molecular flexibility index (Phi) is 5.20. The highest BCUT2D eigenvalue weighted by molar-refractivity contribution is 7.13. The average molecular weight is 360 g/mol. The Morgan fingerprint density at radius 1 is 1.36 bits per heavy atom. The van der Waals surface area contributed by atoms with Gasteiger partial charge in [0.25, 0.3) is 5.89 Å². The fraction of sp³-hybridized carbons (Fsp3) is 0.235. The largest absolute Gasteiger partial charge is 0.418 e. The van der Waals surface area contributed by atoms with E-state index >= 15 is 0 Å². The molecule has 130 valence electrons. The first-order valence-corrected chi connectivity index (χ1v) is 8.54. The van der Waals surface area contributed by atoms with Crippen molar-refractivity contribution in [3.63, 3.8) is 0 Å². The molecule has 0 aliphatic heterocycles. The van der Waals surface area contributed by atoms with Crippen LogP contribution >= 0.6 is 11.3 Å². The Morgan fingerprint density at radius 3 is 2.92 bits per heavy atom. The number of halogens is 1. The molecule has 0 radical (unpaired) electrons. The summed E-state index contributed by atoms with van der Waals surface area (Å²) in [5.74, 6) is 0.253. The highest BCUT2D eigenvalue weighted by Crippen LogP contribution is 2.26. The van der Waals surface area contributed by atoms with Gasteiger partial charge in [-0.2, -0.15) is 0 Å². The summed E-state index contributed by atoms with van der Waals surface area (Å²) >= 11 is 1.52. The summed E-state index contributed by atoms with van der Waals surface area (Å²) in [6, 6.07) is 9.35. The summed E-state index contributed by atoms with van der Waals surface area (Å²) in [6.07, 6.45) is 0. The van der Waals surface area contributed by atoms with Crippen LogP contribution in [0.3, 0.4) is 0 Å². The molecule has 0 spiro atoms. The predicted molar refractivity (Wildman–Crippen MR) is 93.7 cm³/mol. The van der Waals surface area contributed by atoms with Crippen LogP contribution in [-0.4, -0.2) is 34.6 Å². The zero-order chi connectivity index (χ0) is 17.8. The van der Waals surface area contributed by atoms with Gasteiger partial charge in [-0.05, 0) is 43.6 Å². The van der Waals surface area contributed by atoms with E-state index in [1.807, 2.05) is 24.4 Å². The van der Waals surface area contributed by atoms with Crippen LogP contribution in [-0.2, 0) is 4.79 Å². The van der Waals surface area contributed by atoms with Gasteiger partial charge in [0.15, 0.2) is 0 Å². The zero-order valence-corrected chi connectivity index (χ0v) is 14.6. The van der Waals surface area contributed by atoms with Crippen LogP contribution in [0.4, 0.5) is 10.1 Å². The highest BCUT2D eigenvalue weighted by Gasteiger charge is 2.21. The van der Waals surface area contributed by atoms with Crippen molar-refractivity contribution in [2.24, 2.45) is 0 Å². The first-order valence-electron chi connectivity index (χ1n) is 7.66. The lowest BCUT2D eigenvalue weighted by Crippen LogP contribution is -2.32. The van der Waals surface area contributed by atoms with E-state index in [-0.39, 0.29) is 18.5 Å². The second-order valence-corrected chi connectivity index (χ2v) is 6.52. The van der Waals surface area contributed by atoms with E-state index < -0.39 is 5.82 Å². The van der Waals surface area contributed by atoms with Gasteiger partial charge in [0, 0.05) is 5.69 Å². The van der Waals surface area contributed by atoms with Crippen LogP contribution in [0.1, 0.15) is 18.9 Å². The average Bonchev–Trinajstić information content (AvgIpc) is 3.25. The fourth-order valence-corrected chi connectivity index (χ4v) is 2.87. The van der Waals surface area contributed by atoms with Crippen LogP contribution in [0, 0.1) is 5.82 Å². The van der Waals surface area contributed by atoms with Gasteiger partial charge in [-0.25, -0.2) is 4.39 Å². The summed E-state index contributed by atoms with van der Waals surface area (Å²) < 4.78 is 18.9. The SMILES string of the molecule is C[C@H](c1nnc(-c2cccs2)o1)N(C)CC(=O)Nc1cccc(F)c1. The van der Waals surface area contributed by atoms with E-state index in [0.29, 0.717) is 17.5 Å². The summed E-state index contributed by atoms with van der Waals surface area (Å²) in [6.45, 7) is 1.98. The number of carbonyl (C=O) groups is 1. The Bertz CT molecular complexity index is 850. The summed E-state index contributed by atoms with van der Waals surface area (Å²) in [7, 11) is 1.78. The molecule has 0 aliphatic carbocycles. The molecule has 0 fully saturated rings. The number of thiophene rings is 1. The van der Waals surface area contributed by atoms with Crippen molar-refractivity contribution < 1.29 is 13.6 Å². The number of nitrogens with one attached hydrogen (secondary N) is 1. The third kappa shape index (κ3) is 4.28. The maximum Gasteiger partial charge on any atom is 0.257 e. The molecule has 0 saturated heterocycles. The van der Waals surface area contributed by atoms with Crippen molar-refractivity contribution >= 4 is 22.9 Å².